The molecule has 4 heteroatoms. The average Bonchev–Trinajstić information content (AvgIpc) is 2.24. The van der Waals surface area contributed by atoms with E-state index in [0.717, 1.165) is 0 Å². The molecule has 2 N–H and O–H groups in total. The summed E-state index contributed by atoms with van der Waals surface area (Å²) in [6, 6.07) is 0.232. The maximum atomic E-state index is 11.1. The van der Waals surface area contributed by atoms with Crippen molar-refractivity contribution < 1.29 is 9.53 Å². The Labute approximate surface area is 91.8 Å². The smallest absolute Gasteiger partial charge is 0.222 e. The standard InChI is InChI=1S/C11H20N2O2/c1-5-7-13-11(14)6-8-12-9(2)10(3)15-4/h1,9-10,12H,6-8H2,2-4H3,(H,13,14). The molecule has 0 bridgehead atoms. The predicted molar refractivity (Wildman–Crippen MR) is 60.4 cm³/mol. The second-order valence-electron chi connectivity index (χ2n) is 3.41. The quantitative estimate of drug-likeness (QED) is 0.590. The minimum atomic E-state index is -0.0299. The molecule has 0 fully saturated rings. The summed E-state index contributed by atoms with van der Waals surface area (Å²) >= 11 is 0. The molecular formula is C11H20N2O2. The fourth-order valence-corrected chi connectivity index (χ4v) is 1.02. The van der Waals surface area contributed by atoms with Crippen molar-refractivity contribution in [1.82, 2.24) is 10.6 Å². The third kappa shape index (κ3) is 6.95. The van der Waals surface area contributed by atoms with E-state index in [4.69, 9.17) is 11.2 Å². The van der Waals surface area contributed by atoms with Crippen molar-refractivity contribution in [3.63, 3.8) is 0 Å². The van der Waals surface area contributed by atoms with Crippen molar-refractivity contribution in [2.24, 2.45) is 0 Å². The normalized spacial score (nSPS) is 14.0. The van der Waals surface area contributed by atoms with Gasteiger partial charge in [0.1, 0.15) is 0 Å². The maximum absolute atomic E-state index is 11.1. The molecule has 0 saturated carbocycles. The first-order chi connectivity index (χ1) is 7.11. The van der Waals surface area contributed by atoms with E-state index in [9.17, 15) is 4.79 Å². The number of carbonyl (C=O) groups excluding carboxylic acids is 1. The lowest BCUT2D eigenvalue weighted by molar-refractivity contribution is -0.120. The summed E-state index contributed by atoms with van der Waals surface area (Å²) in [5, 5.41) is 5.81. The average molecular weight is 212 g/mol. The van der Waals surface area contributed by atoms with Crippen LogP contribution in [0.25, 0.3) is 0 Å². The number of nitrogens with one attached hydrogen (secondary N) is 2. The second-order valence-corrected chi connectivity index (χ2v) is 3.41. The molecule has 0 heterocycles. The summed E-state index contributed by atoms with van der Waals surface area (Å²) in [4.78, 5) is 11.1. The van der Waals surface area contributed by atoms with Gasteiger partial charge in [-0.1, -0.05) is 5.92 Å². The minimum absolute atomic E-state index is 0.0299. The van der Waals surface area contributed by atoms with Gasteiger partial charge in [-0.3, -0.25) is 4.79 Å². The highest BCUT2D eigenvalue weighted by atomic mass is 16.5. The van der Waals surface area contributed by atoms with Gasteiger partial charge in [-0.25, -0.2) is 0 Å². The number of hydrogen-bond donors (Lipinski definition) is 2. The maximum Gasteiger partial charge on any atom is 0.222 e. The molecule has 0 aromatic rings. The predicted octanol–water partition coefficient (Wildman–Crippen LogP) is 0.139. The molecule has 0 aliphatic carbocycles. The van der Waals surface area contributed by atoms with E-state index in [1.807, 2.05) is 13.8 Å². The first-order valence-electron chi connectivity index (χ1n) is 5.08. The highest BCUT2D eigenvalue weighted by Gasteiger charge is 2.10. The Hall–Kier alpha value is -1.05. The molecule has 0 saturated heterocycles. The molecule has 0 aliphatic rings. The van der Waals surface area contributed by atoms with Crippen LogP contribution < -0.4 is 10.6 Å². The molecule has 0 aromatic heterocycles. The van der Waals surface area contributed by atoms with E-state index < -0.39 is 0 Å². The number of rotatable bonds is 7. The van der Waals surface area contributed by atoms with Crippen LogP contribution in [-0.2, 0) is 9.53 Å². The van der Waals surface area contributed by atoms with Gasteiger partial charge < -0.3 is 15.4 Å². The van der Waals surface area contributed by atoms with Crippen molar-refractivity contribution in [2.45, 2.75) is 32.4 Å². The summed E-state index contributed by atoms with van der Waals surface area (Å²) in [7, 11) is 1.67. The second kappa shape index (κ2) is 8.27. The van der Waals surface area contributed by atoms with Crippen LogP contribution in [0.3, 0.4) is 0 Å². The molecule has 15 heavy (non-hydrogen) atoms. The van der Waals surface area contributed by atoms with Crippen LogP contribution in [0.2, 0.25) is 0 Å². The first kappa shape index (κ1) is 13.9. The van der Waals surface area contributed by atoms with Gasteiger partial charge in [-0.05, 0) is 13.8 Å². The van der Waals surface area contributed by atoms with Gasteiger partial charge in [0, 0.05) is 26.1 Å². The third-order valence-electron chi connectivity index (χ3n) is 2.28. The Kier molecular flexibility index (Phi) is 7.69. The molecule has 0 radical (unpaired) electrons. The molecule has 2 atom stereocenters. The van der Waals surface area contributed by atoms with Gasteiger partial charge in [0.25, 0.3) is 0 Å². The molecular weight excluding hydrogens is 192 g/mol. The molecule has 4 nitrogen and oxygen atoms in total. The van der Waals surface area contributed by atoms with E-state index in [1.165, 1.54) is 0 Å². The van der Waals surface area contributed by atoms with E-state index in [1.54, 1.807) is 7.11 Å². The van der Waals surface area contributed by atoms with Gasteiger partial charge in [0.15, 0.2) is 0 Å². The van der Waals surface area contributed by atoms with E-state index in [0.29, 0.717) is 19.5 Å². The first-order valence-corrected chi connectivity index (χ1v) is 5.08. The molecule has 1 amide bonds. The number of terminal acetylenes is 1. The van der Waals surface area contributed by atoms with Crippen molar-refractivity contribution in [1.29, 1.82) is 0 Å². The molecule has 0 aliphatic heterocycles. The summed E-state index contributed by atoms with van der Waals surface area (Å²) in [6.07, 6.45) is 5.59. The van der Waals surface area contributed by atoms with Gasteiger partial charge in [0.05, 0.1) is 12.6 Å². The molecule has 86 valence electrons. The molecule has 0 rings (SSSR count). The van der Waals surface area contributed by atoms with Crippen LogP contribution in [0.15, 0.2) is 0 Å². The Morgan fingerprint density at radius 1 is 1.53 bits per heavy atom. The van der Waals surface area contributed by atoms with Crippen LogP contribution in [0.4, 0.5) is 0 Å². The van der Waals surface area contributed by atoms with E-state index in [-0.39, 0.29) is 18.1 Å². The van der Waals surface area contributed by atoms with Crippen LogP contribution in [-0.4, -0.2) is 38.3 Å². The lowest BCUT2D eigenvalue weighted by Gasteiger charge is -2.19. The van der Waals surface area contributed by atoms with Crippen LogP contribution in [0, 0.1) is 12.3 Å². The largest absolute Gasteiger partial charge is 0.380 e. The van der Waals surface area contributed by atoms with Gasteiger partial charge in [0.2, 0.25) is 5.91 Å². The van der Waals surface area contributed by atoms with Gasteiger partial charge >= 0.3 is 0 Å². The zero-order valence-corrected chi connectivity index (χ0v) is 9.67. The number of hydrogen-bond acceptors (Lipinski definition) is 3. The van der Waals surface area contributed by atoms with Crippen molar-refractivity contribution >= 4 is 5.91 Å². The van der Waals surface area contributed by atoms with E-state index in [2.05, 4.69) is 16.6 Å². The topological polar surface area (TPSA) is 50.4 Å². The van der Waals surface area contributed by atoms with Gasteiger partial charge in [-0.2, -0.15) is 0 Å². The number of methoxy groups -OCH3 is 1. The monoisotopic (exact) mass is 212 g/mol. The Morgan fingerprint density at radius 2 is 2.20 bits per heavy atom. The molecule has 0 spiro atoms. The fraction of sp³-hybridized carbons (Fsp3) is 0.727. The SMILES string of the molecule is C#CCNC(=O)CCNC(C)C(C)OC. The highest BCUT2D eigenvalue weighted by Crippen LogP contribution is 1.95. The zero-order chi connectivity index (χ0) is 11.7. The Bertz CT molecular complexity index is 223. The van der Waals surface area contributed by atoms with Gasteiger partial charge in [-0.15, -0.1) is 6.42 Å². The third-order valence-corrected chi connectivity index (χ3v) is 2.28. The highest BCUT2D eigenvalue weighted by molar-refractivity contribution is 5.76. The van der Waals surface area contributed by atoms with Crippen molar-refractivity contribution in [2.75, 3.05) is 20.2 Å². The molecule has 2 unspecified atom stereocenters. The number of carbonyl (C=O) groups is 1. The zero-order valence-electron chi connectivity index (χ0n) is 9.67. The summed E-state index contributed by atoms with van der Waals surface area (Å²) in [6.45, 7) is 4.93. The molecule has 0 aromatic carbocycles. The summed E-state index contributed by atoms with van der Waals surface area (Å²) < 4.78 is 5.14. The van der Waals surface area contributed by atoms with Crippen LogP contribution >= 0.6 is 0 Å². The lowest BCUT2D eigenvalue weighted by atomic mass is 10.2. The fourth-order valence-electron chi connectivity index (χ4n) is 1.02. The van der Waals surface area contributed by atoms with Crippen LogP contribution in [0.5, 0.6) is 0 Å². The van der Waals surface area contributed by atoms with E-state index >= 15 is 0 Å². The Balaban J connectivity index is 3.53. The van der Waals surface area contributed by atoms with Crippen molar-refractivity contribution in [3.8, 4) is 12.3 Å². The minimum Gasteiger partial charge on any atom is -0.380 e. The lowest BCUT2D eigenvalue weighted by Crippen LogP contribution is -2.38. The summed E-state index contributed by atoms with van der Waals surface area (Å²) in [5.74, 6) is 2.32. The summed E-state index contributed by atoms with van der Waals surface area (Å²) in [5.41, 5.74) is 0. The van der Waals surface area contributed by atoms with Crippen molar-refractivity contribution in [3.05, 3.63) is 0 Å². The Morgan fingerprint density at radius 3 is 2.73 bits per heavy atom. The number of ether oxygens (including phenoxy) is 1. The number of amides is 1. The van der Waals surface area contributed by atoms with Crippen LogP contribution in [0.1, 0.15) is 20.3 Å².